The smallest absolute Gasteiger partial charge is 0.156 e. The minimum Gasteiger partial charge on any atom is -0.295 e. The van der Waals surface area contributed by atoms with Gasteiger partial charge in [-0.15, -0.1) is 0 Å². The van der Waals surface area contributed by atoms with Crippen LogP contribution in [0.3, 0.4) is 0 Å². The molecule has 0 aromatic rings. The molecule has 0 amide bonds. The number of rotatable bonds is 0. The Morgan fingerprint density at radius 2 is 2.09 bits per heavy atom. The van der Waals surface area contributed by atoms with E-state index in [9.17, 15) is 10.1 Å². The highest BCUT2D eigenvalue weighted by Crippen LogP contribution is 2.74. The summed E-state index contributed by atoms with van der Waals surface area (Å²) in [5.41, 5.74) is 1.69. The zero-order valence-electron chi connectivity index (χ0n) is 14.1. The van der Waals surface area contributed by atoms with Crippen molar-refractivity contribution in [2.75, 3.05) is 0 Å². The zero-order valence-corrected chi connectivity index (χ0v) is 14.1. The highest BCUT2D eigenvalue weighted by Gasteiger charge is 2.69. The lowest BCUT2D eigenvalue weighted by Gasteiger charge is -2.56. The fraction of sp³-hybridized carbons (Fsp3) is 0.714. The van der Waals surface area contributed by atoms with Gasteiger partial charge in [0.15, 0.2) is 5.78 Å². The SMILES string of the molecule is C[C@]12CC[C@H]3[C@@H](C=CC4=CC(=O)CC[C@@]43C)[C@@H]1[C@H]1C[C@H]1[C@@H]2C#N. The van der Waals surface area contributed by atoms with E-state index in [0.29, 0.717) is 35.9 Å². The third-order valence-corrected chi connectivity index (χ3v) is 8.45. The molecule has 8 atom stereocenters. The number of hydrogen-bond acceptors (Lipinski definition) is 2. The minimum atomic E-state index is 0.184. The van der Waals surface area contributed by atoms with Crippen molar-refractivity contribution < 1.29 is 4.79 Å². The summed E-state index contributed by atoms with van der Waals surface area (Å²) in [6, 6.07) is 2.68. The van der Waals surface area contributed by atoms with Crippen molar-refractivity contribution in [2.45, 2.75) is 46.0 Å². The molecular formula is C21H25NO. The monoisotopic (exact) mass is 307 g/mol. The van der Waals surface area contributed by atoms with Crippen LogP contribution in [0.4, 0.5) is 0 Å². The maximum Gasteiger partial charge on any atom is 0.156 e. The van der Waals surface area contributed by atoms with Gasteiger partial charge in [-0.2, -0.15) is 5.26 Å². The first kappa shape index (κ1) is 14.0. The number of allylic oxidation sites excluding steroid dienone is 4. The number of nitriles is 1. The third kappa shape index (κ3) is 1.57. The van der Waals surface area contributed by atoms with Gasteiger partial charge in [0.2, 0.25) is 0 Å². The molecule has 0 aromatic heterocycles. The maximum absolute atomic E-state index is 11.8. The molecule has 5 aliphatic carbocycles. The van der Waals surface area contributed by atoms with Gasteiger partial charge in [0.05, 0.1) is 12.0 Å². The Bertz CT molecular complexity index is 697. The van der Waals surface area contributed by atoms with Gasteiger partial charge in [-0.3, -0.25) is 4.79 Å². The Kier molecular flexibility index (Phi) is 2.55. The van der Waals surface area contributed by atoms with Crippen molar-refractivity contribution in [1.82, 2.24) is 0 Å². The number of carbonyl (C=O) groups excluding carboxylic acids is 1. The average Bonchev–Trinajstić information content (AvgIpc) is 3.23. The molecule has 0 unspecified atom stereocenters. The lowest BCUT2D eigenvalue weighted by Crippen LogP contribution is -2.50. The van der Waals surface area contributed by atoms with E-state index in [1.165, 1.54) is 24.8 Å². The fourth-order valence-electron chi connectivity index (χ4n) is 7.20. The highest BCUT2D eigenvalue weighted by atomic mass is 16.1. The van der Waals surface area contributed by atoms with Crippen molar-refractivity contribution in [3.8, 4) is 6.07 Å². The summed E-state index contributed by atoms with van der Waals surface area (Å²) in [7, 11) is 0. The van der Waals surface area contributed by atoms with Crippen LogP contribution in [0.15, 0.2) is 23.8 Å². The van der Waals surface area contributed by atoms with E-state index in [4.69, 9.17) is 0 Å². The van der Waals surface area contributed by atoms with Gasteiger partial charge in [0, 0.05) is 6.42 Å². The van der Waals surface area contributed by atoms with Gasteiger partial charge in [0.1, 0.15) is 0 Å². The predicted molar refractivity (Wildman–Crippen MR) is 88.1 cm³/mol. The molecule has 0 spiro atoms. The van der Waals surface area contributed by atoms with Crippen LogP contribution in [-0.2, 0) is 4.79 Å². The van der Waals surface area contributed by atoms with Crippen molar-refractivity contribution in [3.63, 3.8) is 0 Å². The summed E-state index contributed by atoms with van der Waals surface area (Å²) < 4.78 is 0. The van der Waals surface area contributed by atoms with Crippen molar-refractivity contribution >= 4 is 5.78 Å². The van der Waals surface area contributed by atoms with Gasteiger partial charge in [0.25, 0.3) is 0 Å². The van der Waals surface area contributed by atoms with Crippen LogP contribution in [-0.4, -0.2) is 5.78 Å². The first-order valence-corrected chi connectivity index (χ1v) is 9.32. The summed E-state index contributed by atoms with van der Waals surface area (Å²) in [6.07, 6.45) is 12.0. The zero-order chi connectivity index (χ0) is 16.0. The second-order valence-electron chi connectivity index (χ2n) is 9.27. The van der Waals surface area contributed by atoms with Crippen molar-refractivity contribution in [3.05, 3.63) is 23.8 Å². The molecule has 5 rings (SSSR count). The normalized spacial score (nSPS) is 55.9. The first-order valence-electron chi connectivity index (χ1n) is 9.32. The van der Waals surface area contributed by atoms with E-state index in [-0.39, 0.29) is 16.7 Å². The second kappa shape index (κ2) is 4.18. The summed E-state index contributed by atoms with van der Waals surface area (Å²) in [4.78, 5) is 11.8. The van der Waals surface area contributed by atoms with Crippen LogP contribution in [0.25, 0.3) is 0 Å². The molecule has 0 saturated heterocycles. The Labute approximate surface area is 138 Å². The Balaban J connectivity index is 1.59. The summed E-state index contributed by atoms with van der Waals surface area (Å²) in [6.45, 7) is 4.80. The maximum atomic E-state index is 11.8. The van der Waals surface area contributed by atoms with E-state index in [1.807, 2.05) is 6.08 Å². The molecule has 5 aliphatic rings. The van der Waals surface area contributed by atoms with Crippen LogP contribution in [0.5, 0.6) is 0 Å². The molecule has 0 aliphatic heterocycles. The summed E-state index contributed by atoms with van der Waals surface area (Å²) >= 11 is 0. The first-order chi connectivity index (χ1) is 11.0. The molecule has 0 radical (unpaired) electrons. The summed E-state index contributed by atoms with van der Waals surface area (Å²) in [5.74, 6) is 4.05. The highest BCUT2D eigenvalue weighted by molar-refractivity contribution is 5.92. The van der Waals surface area contributed by atoms with Gasteiger partial charge in [-0.25, -0.2) is 0 Å². The largest absolute Gasteiger partial charge is 0.295 e. The van der Waals surface area contributed by atoms with Gasteiger partial charge >= 0.3 is 0 Å². The third-order valence-electron chi connectivity index (χ3n) is 8.45. The second-order valence-corrected chi connectivity index (χ2v) is 9.27. The number of fused-ring (bicyclic) bond motifs is 7. The molecule has 2 nitrogen and oxygen atoms in total. The molecule has 23 heavy (non-hydrogen) atoms. The molecule has 0 bridgehead atoms. The van der Waals surface area contributed by atoms with Crippen LogP contribution in [0.1, 0.15) is 46.0 Å². The van der Waals surface area contributed by atoms with Crippen LogP contribution in [0, 0.1) is 57.7 Å². The fourth-order valence-corrected chi connectivity index (χ4v) is 7.20. The molecule has 0 aromatic carbocycles. The molecule has 3 fully saturated rings. The van der Waals surface area contributed by atoms with E-state index in [2.05, 4.69) is 32.1 Å². The number of carbonyl (C=O) groups is 1. The van der Waals surface area contributed by atoms with Crippen LogP contribution < -0.4 is 0 Å². The number of hydrogen-bond donors (Lipinski definition) is 0. The van der Waals surface area contributed by atoms with E-state index in [1.54, 1.807) is 0 Å². The molecule has 2 heteroatoms. The van der Waals surface area contributed by atoms with E-state index < -0.39 is 0 Å². The van der Waals surface area contributed by atoms with Gasteiger partial charge in [-0.05, 0) is 77.8 Å². The lowest BCUT2D eigenvalue weighted by atomic mass is 9.48. The summed E-state index contributed by atoms with van der Waals surface area (Å²) in [5, 5.41) is 9.72. The van der Waals surface area contributed by atoms with E-state index >= 15 is 0 Å². The topological polar surface area (TPSA) is 40.9 Å². The Morgan fingerprint density at radius 3 is 2.87 bits per heavy atom. The quantitative estimate of drug-likeness (QED) is 0.670. The standard InChI is InChI=1S/C21H25NO/c1-20-7-5-13(23)9-12(20)3-4-14-17(20)6-8-21(2)18(11-22)15-10-16(15)19(14)21/h3-4,9,14-19H,5-8,10H2,1-2H3/t14-,15-,16+,17+,18+,19-,20+,21-/m1/s1. The number of nitrogens with zero attached hydrogens (tertiary/aromatic N) is 1. The van der Waals surface area contributed by atoms with E-state index in [0.717, 1.165) is 12.3 Å². The van der Waals surface area contributed by atoms with Gasteiger partial charge in [-0.1, -0.05) is 26.0 Å². The van der Waals surface area contributed by atoms with Crippen molar-refractivity contribution in [1.29, 1.82) is 5.26 Å². The lowest BCUT2D eigenvalue weighted by molar-refractivity contribution is -0.116. The molecule has 0 heterocycles. The Hall–Kier alpha value is -1.36. The molecular weight excluding hydrogens is 282 g/mol. The van der Waals surface area contributed by atoms with Crippen LogP contribution in [0.2, 0.25) is 0 Å². The molecule has 120 valence electrons. The molecule has 0 N–H and O–H groups in total. The minimum absolute atomic E-state index is 0.184. The average molecular weight is 307 g/mol. The van der Waals surface area contributed by atoms with Crippen LogP contribution >= 0.6 is 0 Å². The Morgan fingerprint density at radius 1 is 1.26 bits per heavy atom. The number of ketones is 1. The molecule has 3 saturated carbocycles. The van der Waals surface area contributed by atoms with Gasteiger partial charge < -0.3 is 0 Å². The predicted octanol–water partition coefficient (Wildman–Crippen LogP) is 4.29. The van der Waals surface area contributed by atoms with Crippen molar-refractivity contribution in [2.24, 2.45) is 46.3 Å².